The highest BCUT2D eigenvalue weighted by molar-refractivity contribution is 7.22. The molecular formula is C20H23ClN2OS. The van der Waals surface area contributed by atoms with Crippen molar-refractivity contribution in [3.63, 3.8) is 0 Å². The largest absolute Gasteiger partial charge is 0.301 e. The molecule has 0 radical (unpaired) electrons. The van der Waals surface area contributed by atoms with Crippen molar-refractivity contribution in [3.8, 4) is 0 Å². The Morgan fingerprint density at radius 3 is 2.60 bits per heavy atom. The number of amides is 1. The number of nitrogens with zero attached hydrogens (tertiary/aromatic N) is 1. The number of thiazole rings is 1. The number of halogens is 1. The molecule has 0 aliphatic heterocycles. The summed E-state index contributed by atoms with van der Waals surface area (Å²) in [5.41, 5.74) is 1.38. The molecule has 1 amide bonds. The first-order valence-corrected chi connectivity index (χ1v) is 10.3. The Bertz CT molecular complexity index is 873. The number of nitrogens with one attached hydrogen (secondary N) is 1. The minimum Gasteiger partial charge on any atom is -0.301 e. The molecule has 3 nitrogen and oxygen atoms in total. The fourth-order valence-corrected chi connectivity index (χ4v) is 8.02. The van der Waals surface area contributed by atoms with Gasteiger partial charge >= 0.3 is 0 Å². The number of fused-ring (bicyclic) bond motifs is 1. The summed E-state index contributed by atoms with van der Waals surface area (Å²) in [4.78, 5) is 17.9. The number of hydrogen-bond acceptors (Lipinski definition) is 3. The monoisotopic (exact) mass is 374 g/mol. The summed E-state index contributed by atoms with van der Waals surface area (Å²) in [6.45, 7) is 4.80. The topological polar surface area (TPSA) is 42.0 Å². The standard InChI is InChI=1S/C20H23ClN2OS/c1-18-6-12-7-19(2,9-18)11-20(8-12,10-18)16(24)23-17-22-14-4-3-13(21)5-15(14)25-17/h3-5,12H,6-11H2,1-2H3,(H,22,23,24)/t12?,18-,19+,20?. The van der Waals surface area contributed by atoms with Crippen molar-refractivity contribution < 1.29 is 4.79 Å². The van der Waals surface area contributed by atoms with E-state index in [-0.39, 0.29) is 11.3 Å². The van der Waals surface area contributed by atoms with Gasteiger partial charge in [-0.15, -0.1) is 0 Å². The van der Waals surface area contributed by atoms with E-state index >= 15 is 0 Å². The third kappa shape index (κ3) is 2.52. The van der Waals surface area contributed by atoms with Gasteiger partial charge in [0.1, 0.15) is 0 Å². The second-order valence-corrected chi connectivity index (χ2v) is 11.0. The van der Waals surface area contributed by atoms with Crippen LogP contribution in [0.15, 0.2) is 18.2 Å². The second kappa shape index (κ2) is 4.98. The number of anilines is 1. The minimum atomic E-state index is -0.196. The van der Waals surface area contributed by atoms with Crippen LogP contribution in [0, 0.1) is 22.2 Å². The molecule has 4 aliphatic rings. The maximum Gasteiger partial charge on any atom is 0.232 e. The average molecular weight is 375 g/mol. The molecule has 6 rings (SSSR count). The van der Waals surface area contributed by atoms with E-state index in [1.807, 2.05) is 18.2 Å². The zero-order chi connectivity index (χ0) is 17.4. The van der Waals surface area contributed by atoms with Crippen molar-refractivity contribution in [2.45, 2.75) is 52.4 Å². The highest BCUT2D eigenvalue weighted by Crippen LogP contribution is 2.69. The molecule has 1 heterocycles. The van der Waals surface area contributed by atoms with Gasteiger partial charge in [0.25, 0.3) is 0 Å². The molecule has 25 heavy (non-hydrogen) atoms. The van der Waals surface area contributed by atoms with Crippen LogP contribution < -0.4 is 5.32 Å². The zero-order valence-electron chi connectivity index (χ0n) is 14.7. The second-order valence-electron chi connectivity index (χ2n) is 9.50. The van der Waals surface area contributed by atoms with Gasteiger partial charge in [0.15, 0.2) is 5.13 Å². The van der Waals surface area contributed by atoms with Crippen LogP contribution in [0.5, 0.6) is 0 Å². The van der Waals surface area contributed by atoms with Crippen molar-refractivity contribution in [3.05, 3.63) is 23.2 Å². The van der Waals surface area contributed by atoms with Crippen LogP contribution in [-0.4, -0.2) is 10.9 Å². The number of carbonyl (C=O) groups is 1. The predicted molar refractivity (Wildman–Crippen MR) is 103 cm³/mol. The van der Waals surface area contributed by atoms with Gasteiger partial charge in [0.2, 0.25) is 5.91 Å². The molecule has 132 valence electrons. The van der Waals surface area contributed by atoms with E-state index in [0.29, 0.717) is 26.9 Å². The van der Waals surface area contributed by atoms with E-state index in [2.05, 4.69) is 24.1 Å². The molecule has 2 unspecified atom stereocenters. The molecule has 4 bridgehead atoms. The lowest BCUT2D eigenvalue weighted by Gasteiger charge is -2.64. The zero-order valence-corrected chi connectivity index (χ0v) is 16.3. The fraction of sp³-hybridized carbons (Fsp3) is 0.600. The lowest BCUT2D eigenvalue weighted by molar-refractivity contribution is -0.165. The maximum atomic E-state index is 13.3. The highest BCUT2D eigenvalue weighted by Gasteiger charge is 2.62. The molecule has 1 aromatic carbocycles. The first-order valence-electron chi connectivity index (χ1n) is 9.14. The Morgan fingerprint density at radius 1 is 1.20 bits per heavy atom. The molecule has 5 heteroatoms. The van der Waals surface area contributed by atoms with Crippen LogP contribution >= 0.6 is 22.9 Å². The smallest absolute Gasteiger partial charge is 0.232 e. The minimum absolute atomic E-state index is 0.194. The van der Waals surface area contributed by atoms with Crippen molar-refractivity contribution in [2.24, 2.45) is 22.2 Å². The van der Waals surface area contributed by atoms with E-state index in [9.17, 15) is 4.79 Å². The summed E-state index contributed by atoms with van der Waals surface area (Å²) >= 11 is 7.58. The van der Waals surface area contributed by atoms with E-state index in [1.165, 1.54) is 30.6 Å². The van der Waals surface area contributed by atoms with Gasteiger partial charge in [0, 0.05) is 5.02 Å². The SMILES string of the molecule is C[C@]12CC3CC(C(=O)Nc4nc5ccc(Cl)cc5s4)(C1)C[C@@](C)(C3)C2. The first-order chi connectivity index (χ1) is 11.8. The van der Waals surface area contributed by atoms with Gasteiger partial charge in [-0.2, -0.15) is 0 Å². The predicted octanol–water partition coefficient (Wildman–Crippen LogP) is 5.88. The van der Waals surface area contributed by atoms with Crippen molar-refractivity contribution >= 4 is 44.2 Å². The third-order valence-electron chi connectivity index (χ3n) is 6.68. The molecule has 4 fully saturated rings. The van der Waals surface area contributed by atoms with Gasteiger partial charge in [0.05, 0.1) is 15.6 Å². The lowest BCUT2D eigenvalue weighted by Crippen LogP contribution is -2.58. The summed E-state index contributed by atoms with van der Waals surface area (Å²) < 4.78 is 1.02. The van der Waals surface area contributed by atoms with E-state index in [1.54, 1.807) is 0 Å². The molecule has 1 aromatic heterocycles. The number of carbonyl (C=O) groups excluding carboxylic acids is 1. The number of rotatable bonds is 2. The van der Waals surface area contributed by atoms with Gasteiger partial charge < -0.3 is 5.32 Å². The summed E-state index contributed by atoms with van der Waals surface area (Å²) in [6.07, 6.45) is 7.02. The third-order valence-corrected chi connectivity index (χ3v) is 7.85. The van der Waals surface area contributed by atoms with Crippen LogP contribution in [0.1, 0.15) is 52.4 Å². The summed E-state index contributed by atoms with van der Waals surface area (Å²) in [7, 11) is 0. The average Bonchev–Trinajstić information content (AvgIpc) is 2.84. The summed E-state index contributed by atoms with van der Waals surface area (Å²) in [5.74, 6) is 0.908. The highest BCUT2D eigenvalue weighted by atomic mass is 35.5. The molecule has 0 spiro atoms. The van der Waals surface area contributed by atoms with Gasteiger partial charge in [-0.3, -0.25) is 4.79 Å². The fourth-order valence-electron chi connectivity index (χ4n) is 6.88. The van der Waals surface area contributed by atoms with Crippen LogP contribution in [0.2, 0.25) is 5.02 Å². The Morgan fingerprint density at radius 2 is 1.92 bits per heavy atom. The number of aromatic nitrogens is 1. The van der Waals surface area contributed by atoms with Crippen LogP contribution in [0.25, 0.3) is 10.2 Å². The summed E-state index contributed by atoms with van der Waals surface area (Å²) in [6, 6.07) is 5.67. The Hall–Kier alpha value is -1.13. The molecule has 4 atom stereocenters. The maximum absolute atomic E-state index is 13.3. The Labute approximate surface area is 157 Å². The van der Waals surface area contributed by atoms with Crippen molar-refractivity contribution in [1.82, 2.24) is 4.98 Å². The molecule has 0 saturated heterocycles. The first kappa shape index (κ1) is 16.1. The Balaban J connectivity index is 1.45. The van der Waals surface area contributed by atoms with Crippen molar-refractivity contribution in [1.29, 1.82) is 0 Å². The van der Waals surface area contributed by atoms with Crippen molar-refractivity contribution in [2.75, 3.05) is 5.32 Å². The van der Waals surface area contributed by atoms with Crippen LogP contribution in [-0.2, 0) is 4.79 Å². The van der Waals surface area contributed by atoms with Gasteiger partial charge in [-0.1, -0.05) is 36.8 Å². The Kier molecular flexibility index (Phi) is 3.20. The van der Waals surface area contributed by atoms with Gasteiger partial charge in [-0.05, 0) is 73.5 Å². The van der Waals surface area contributed by atoms with E-state index in [0.717, 1.165) is 29.5 Å². The molecule has 2 aromatic rings. The number of benzene rings is 1. The van der Waals surface area contributed by atoms with E-state index in [4.69, 9.17) is 11.6 Å². The lowest BCUT2D eigenvalue weighted by atomic mass is 9.40. The number of hydrogen-bond donors (Lipinski definition) is 1. The molecule has 4 saturated carbocycles. The quantitative estimate of drug-likeness (QED) is 0.712. The van der Waals surface area contributed by atoms with E-state index < -0.39 is 0 Å². The van der Waals surface area contributed by atoms with Crippen LogP contribution in [0.3, 0.4) is 0 Å². The normalized spacial score (nSPS) is 39.1. The molecule has 1 N–H and O–H groups in total. The summed E-state index contributed by atoms with van der Waals surface area (Å²) in [5, 5.41) is 4.57. The molecular weight excluding hydrogens is 352 g/mol. The molecule has 4 aliphatic carbocycles. The van der Waals surface area contributed by atoms with Gasteiger partial charge in [-0.25, -0.2) is 4.98 Å². The van der Waals surface area contributed by atoms with Crippen LogP contribution in [0.4, 0.5) is 5.13 Å².